The molecule has 0 aromatic rings. The molecule has 0 aromatic carbocycles. The monoisotopic (exact) mass is 270 g/mol. The molecule has 0 aliphatic carbocycles. The molecule has 0 saturated carbocycles. The molecular formula is C14H26N2O3. The Hall–Kier alpha value is -0.650. The van der Waals surface area contributed by atoms with Crippen molar-refractivity contribution in [3.63, 3.8) is 0 Å². The first-order valence-electron chi connectivity index (χ1n) is 7.35. The second-order valence-electron chi connectivity index (χ2n) is 5.85. The van der Waals surface area contributed by atoms with E-state index < -0.39 is 0 Å². The molecule has 3 unspecified atom stereocenters. The first kappa shape index (κ1) is 14.8. The Balaban J connectivity index is 1.71. The summed E-state index contributed by atoms with van der Waals surface area (Å²) in [5.74, 6) is 1.20. The number of ether oxygens (including phenoxy) is 2. The lowest BCUT2D eigenvalue weighted by atomic mass is 9.92. The molecule has 0 bridgehead atoms. The minimum atomic E-state index is 0.0845. The molecule has 0 spiro atoms. The fourth-order valence-corrected chi connectivity index (χ4v) is 2.91. The molecule has 2 fully saturated rings. The van der Waals surface area contributed by atoms with Gasteiger partial charge in [0.2, 0.25) is 5.91 Å². The molecule has 110 valence electrons. The second kappa shape index (κ2) is 7.22. The average Bonchev–Trinajstić information content (AvgIpc) is 2.91. The fourth-order valence-electron chi connectivity index (χ4n) is 2.91. The van der Waals surface area contributed by atoms with Crippen molar-refractivity contribution in [3.05, 3.63) is 0 Å². The number of carbonyl (C=O) groups is 1. The molecule has 2 aliphatic rings. The van der Waals surface area contributed by atoms with Crippen LogP contribution >= 0.6 is 0 Å². The predicted octanol–water partition coefficient (Wildman–Crippen LogP) is 0.625. The summed E-state index contributed by atoms with van der Waals surface area (Å²) in [6.45, 7) is 5.98. The van der Waals surface area contributed by atoms with Crippen LogP contribution in [0, 0.1) is 11.8 Å². The van der Waals surface area contributed by atoms with Crippen LogP contribution in [0.25, 0.3) is 0 Å². The average molecular weight is 270 g/mol. The van der Waals surface area contributed by atoms with E-state index in [9.17, 15) is 4.79 Å². The minimum absolute atomic E-state index is 0.0845. The Kier molecular flexibility index (Phi) is 5.60. The third-order valence-electron chi connectivity index (χ3n) is 4.17. The van der Waals surface area contributed by atoms with E-state index in [4.69, 9.17) is 15.2 Å². The molecule has 1 amide bonds. The Morgan fingerprint density at radius 1 is 1.47 bits per heavy atom. The lowest BCUT2D eigenvalue weighted by Crippen LogP contribution is -2.50. The van der Waals surface area contributed by atoms with Gasteiger partial charge in [-0.25, -0.2) is 0 Å². The van der Waals surface area contributed by atoms with Gasteiger partial charge in [-0.2, -0.15) is 0 Å². The number of nitrogens with two attached hydrogens (primary N) is 1. The second-order valence-corrected chi connectivity index (χ2v) is 5.85. The molecule has 3 atom stereocenters. The maximum atomic E-state index is 12.2. The number of piperidine rings is 1. The van der Waals surface area contributed by atoms with Gasteiger partial charge >= 0.3 is 0 Å². The zero-order chi connectivity index (χ0) is 13.7. The van der Waals surface area contributed by atoms with Gasteiger partial charge in [0.1, 0.15) is 6.61 Å². The van der Waals surface area contributed by atoms with E-state index in [1.165, 1.54) is 0 Å². The number of rotatable bonds is 5. The quantitative estimate of drug-likeness (QED) is 0.795. The van der Waals surface area contributed by atoms with Crippen LogP contribution in [0.3, 0.4) is 0 Å². The summed E-state index contributed by atoms with van der Waals surface area (Å²) in [6, 6.07) is 0.190. The molecule has 2 N–H and O–H groups in total. The van der Waals surface area contributed by atoms with Gasteiger partial charge in [-0.15, -0.1) is 0 Å². The predicted molar refractivity (Wildman–Crippen MR) is 72.7 cm³/mol. The summed E-state index contributed by atoms with van der Waals surface area (Å²) < 4.78 is 10.8. The summed E-state index contributed by atoms with van der Waals surface area (Å²) in [5.41, 5.74) is 5.77. The van der Waals surface area contributed by atoms with E-state index in [1.807, 2.05) is 4.90 Å². The number of hydrogen-bond acceptors (Lipinski definition) is 4. The smallest absolute Gasteiger partial charge is 0.248 e. The van der Waals surface area contributed by atoms with Crippen molar-refractivity contribution in [1.82, 2.24) is 4.90 Å². The summed E-state index contributed by atoms with van der Waals surface area (Å²) in [5, 5.41) is 0. The molecule has 2 heterocycles. The highest BCUT2D eigenvalue weighted by Crippen LogP contribution is 2.22. The van der Waals surface area contributed by atoms with Crippen molar-refractivity contribution in [2.45, 2.75) is 32.2 Å². The van der Waals surface area contributed by atoms with Gasteiger partial charge in [-0.3, -0.25) is 4.79 Å². The highest BCUT2D eigenvalue weighted by molar-refractivity contribution is 5.78. The van der Waals surface area contributed by atoms with E-state index in [-0.39, 0.29) is 18.6 Å². The van der Waals surface area contributed by atoms with Crippen LogP contribution in [-0.2, 0) is 14.3 Å². The van der Waals surface area contributed by atoms with Crippen molar-refractivity contribution in [3.8, 4) is 0 Å². The number of amides is 1. The molecule has 5 heteroatoms. The highest BCUT2D eigenvalue weighted by Gasteiger charge is 2.29. The first-order chi connectivity index (χ1) is 9.20. The maximum absolute atomic E-state index is 12.2. The van der Waals surface area contributed by atoms with Gasteiger partial charge in [-0.05, 0) is 25.2 Å². The Morgan fingerprint density at radius 3 is 3.00 bits per heavy atom. The van der Waals surface area contributed by atoms with Crippen molar-refractivity contribution in [2.75, 3.05) is 39.5 Å². The van der Waals surface area contributed by atoms with Gasteiger partial charge in [0, 0.05) is 31.7 Å². The Morgan fingerprint density at radius 2 is 2.32 bits per heavy atom. The summed E-state index contributed by atoms with van der Waals surface area (Å²) in [4.78, 5) is 14.1. The SMILES string of the molecule is CC1CCN(C(=O)COCC2CCOC2)C(CN)C1. The molecule has 2 rings (SSSR count). The first-order valence-corrected chi connectivity index (χ1v) is 7.35. The largest absolute Gasteiger partial charge is 0.381 e. The topological polar surface area (TPSA) is 64.8 Å². The summed E-state index contributed by atoms with van der Waals surface area (Å²) in [7, 11) is 0. The summed E-state index contributed by atoms with van der Waals surface area (Å²) >= 11 is 0. The van der Waals surface area contributed by atoms with Crippen LogP contribution in [0.1, 0.15) is 26.2 Å². The zero-order valence-electron chi connectivity index (χ0n) is 11.8. The normalized spacial score (nSPS) is 31.7. The standard InChI is InChI=1S/C14H26N2O3/c1-11-2-4-16(13(6-11)7-15)14(17)10-19-9-12-3-5-18-8-12/h11-13H,2-10,15H2,1H3. The van der Waals surface area contributed by atoms with Crippen molar-refractivity contribution < 1.29 is 14.3 Å². The number of likely N-dealkylation sites (tertiary alicyclic amines) is 1. The Labute approximate surface area is 115 Å². The lowest BCUT2D eigenvalue weighted by molar-refractivity contribution is -0.140. The van der Waals surface area contributed by atoms with Gasteiger partial charge < -0.3 is 20.1 Å². The van der Waals surface area contributed by atoms with E-state index in [0.717, 1.165) is 39.0 Å². The highest BCUT2D eigenvalue weighted by atomic mass is 16.5. The van der Waals surface area contributed by atoms with Crippen LogP contribution < -0.4 is 5.73 Å². The van der Waals surface area contributed by atoms with Crippen molar-refractivity contribution in [1.29, 1.82) is 0 Å². The Bertz CT molecular complexity index is 292. The van der Waals surface area contributed by atoms with Crippen LogP contribution in [0.4, 0.5) is 0 Å². The lowest BCUT2D eigenvalue weighted by Gasteiger charge is -2.38. The number of nitrogens with zero attached hydrogens (tertiary/aromatic N) is 1. The number of hydrogen-bond donors (Lipinski definition) is 1. The van der Waals surface area contributed by atoms with E-state index in [0.29, 0.717) is 25.0 Å². The maximum Gasteiger partial charge on any atom is 0.248 e. The third kappa shape index (κ3) is 4.16. The van der Waals surface area contributed by atoms with Crippen LogP contribution in [0.2, 0.25) is 0 Å². The van der Waals surface area contributed by atoms with Crippen LogP contribution in [-0.4, -0.2) is 56.4 Å². The zero-order valence-corrected chi connectivity index (χ0v) is 11.8. The fraction of sp³-hybridized carbons (Fsp3) is 0.929. The van der Waals surface area contributed by atoms with Crippen molar-refractivity contribution >= 4 is 5.91 Å². The van der Waals surface area contributed by atoms with Gasteiger partial charge in [0.15, 0.2) is 0 Å². The molecular weight excluding hydrogens is 244 g/mol. The molecule has 5 nitrogen and oxygen atoms in total. The molecule has 2 aliphatic heterocycles. The van der Waals surface area contributed by atoms with E-state index in [2.05, 4.69) is 6.92 Å². The van der Waals surface area contributed by atoms with Gasteiger partial charge in [0.25, 0.3) is 0 Å². The minimum Gasteiger partial charge on any atom is -0.381 e. The van der Waals surface area contributed by atoms with Gasteiger partial charge in [-0.1, -0.05) is 6.92 Å². The van der Waals surface area contributed by atoms with Crippen molar-refractivity contribution in [2.24, 2.45) is 17.6 Å². The van der Waals surface area contributed by atoms with Gasteiger partial charge in [0.05, 0.1) is 13.2 Å². The third-order valence-corrected chi connectivity index (χ3v) is 4.17. The number of carbonyl (C=O) groups excluding carboxylic acids is 1. The van der Waals surface area contributed by atoms with E-state index >= 15 is 0 Å². The molecule has 19 heavy (non-hydrogen) atoms. The van der Waals surface area contributed by atoms with E-state index in [1.54, 1.807) is 0 Å². The van der Waals surface area contributed by atoms with Crippen LogP contribution in [0.5, 0.6) is 0 Å². The molecule has 2 saturated heterocycles. The molecule has 0 aromatic heterocycles. The van der Waals surface area contributed by atoms with Crippen LogP contribution in [0.15, 0.2) is 0 Å². The summed E-state index contributed by atoms with van der Waals surface area (Å²) in [6.07, 6.45) is 3.12. The molecule has 0 radical (unpaired) electrons.